The molecule has 0 bridgehead atoms. The second-order valence-corrected chi connectivity index (χ2v) is 6.48. The van der Waals surface area contributed by atoms with E-state index in [1.54, 1.807) is 7.11 Å². The van der Waals surface area contributed by atoms with Crippen LogP contribution in [0.5, 0.6) is 0 Å². The van der Waals surface area contributed by atoms with E-state index in [0.29, 0.717) is 0 Å². The van der Waals surface area contributed by atoms with E-state index in [-0.39, 0.29) is 17.7 Å². The second kappa shape index (κ2) is 6.23. The number of nitrogens with one attached hydrogen (secondary N) is 1. The van der Waals surface area contributed by atoms with Crippen molar-refractivity contribution in [2.24, 2.45) is 5.41 Å². The number of methoxy groups -OCH3 is 1. The first-order valence-electron chi connectivity index (χ1n) is 7.56. The van der Waals surface area contributed by atoms with E-state index in [1.165, 1.54) is 19.3 Å². The van der Waals surface area contributed by atoms with E-state index in [0.717, 1.165) is 45.3 Å². The SMILES string of the molecule is COCCC1(CNC(=O)CC2(O)CCCC2)CCC1. The molecule has 2 rings (SSSR count). The summed E-state index contributed by atoms with van der Waals surface area (Å²) in [6, 6.07) is 0. The fourth-order valence-corrected chi connectivity index (χ4v) is 3.37. The zero-order valence-electron chi connectivity index (χ0n) is 12.0. The Kier molecular flexibility index (Phi) is 4.85. The molecule has 4 nitrogen and oxygen atoms in total. The molecule has 2 aliphatic carbocycles. The number of aliphatic hydroxyl groups is 1. The van der Waals surface area contributed by atoms with Gasteiger partial charge in [0.15, 0.2) is 0 Å². The Morgan fingerprint density at radius 3 is 2.42 bits per heavy atom. The summed E-state index contributed by atoms with van der Waals surface area (Å²) in [7, 11) is 1.72. The summed E-state index contributed by atoms with van der Waals surface area (Å²) in [6.45, 7) is 1.51. The lowest BCUT2D eigenvalue weighted by Gasteiger charge is -2.42. The largest absolute Gasteiger partial charge is 0.389 e. The van der Waals surface area contributed by atoms with Crippen LogP contribution in [0, 0.1) is 5.41 Å². The minimum absolute atomic E-state index is 0.00749. The Bertz CT molecular complexity index is 307. The van der Waals surface area contributed by atoms with Crippen molar-refractivity contribution in [1.82, 2.24) is 5.32 Å². The number of carbonyl (C=O) groups is 1. The van der Waals surface area contributed by atoms with Crippen molar-refractivity contribution in [3.05, 3.63) is 0 Å². The summed E-state index contributed by atoms with van der Waals surface area (Å²) < 4.78 is 5.15. The molecule has 0 radical (unpaired) electrons. The van der Waals surface area contributed by atoms with Gasteiger partial charge in [-0.1, -0.05) is 19.3 Å². The van der Waals surface area contributed by atoms with Crippen LogP contribution in [0.2, 0.25) is 0 Å². The summed E-state index contributed by atoms with van der Waals surface area (Å²) in [5.41, 5.74) is -0.479. The maximum Gasteiger partial charge on any atom is 0.222 e. The third-order valence-electron chi connectivity index (χ3n) is 4.94. The zero-order chi connectivity index (χ0) is 13.8. The lowest BCUT2D eigenvalue weighted by molar-refractivity contribution is -0.126. The Morgan fingerprint density at radius 2 is 1.89 bits per heavy atom. The maximum atomic E-state index is 12.0. The van der Waals surface area contributed by atoms with Gasteiger partial charge in [-0.05, 0) is 37.5 Å². The fourth-order valence-electron chi connectivity index (χ4n) is 3.37. The number of hydrogen-bond donors (Lipinski definition) is 2. The molecule has 0 spiro atoms. The number of carbonyl (C=O) groups excluding carboxylic acids is 1. The minimum Gasteiger partial charge on any atom is -0.389 e. The lowest BCUT2D eigenvalue weighted by Crippen LogP contribution is -2.44. The first-order chi connectivity index (χ1) is 9.08. The van der Waals surface area contributed by atoms with Gasteiger partial charge in [-0.3, -0.25) is 4.79 Å². The predicted octanol–water partition coefficient (Wildman–Crippen LogP) is 2.00. The average Bonchev–Trinajstić information content (AvgIpc) is 2.74. The van der Waals surface area contributed by atoms with Gasteiger partial charge in [0.1, 0.15) is 0 Å². The Morgan fingerprint density at radius 1 is 1.21 bits per heavy atom. The van der Waals surface area contributed by atoms with Crippen LogP contribution in [-0.2, 0) is 9.53 Å². The molecular weight excluding hydrogens is 242 g/mol. The standard InChI is InChI=1S/C15H27NO3/c1-19-10-9-14(5-4-6-14)12-16-13(17)11-15(18)7-2-3-8-15/h18H,2-12H2,1H3,(H,16,17). The highest BCUT2D eigenvalue weighted by molar-refractivity contribution is 5.77. The van der Waals surface area contributed by atoms with Gasteiger partial charge in [0, 0.05) is 20.3 Å². The first-order valence-corrected chi connectivity index (χ1v) is 7.56. The molecule has 0 aliphatic heterocycles. The quantitative estimate of drug-likeness (QED) is 0.743. The zero-order valence-corrected chi connectivity index (χ0v) is 12.0. The van der Waals surface area contributed by atoms with E-state index < -0.39 is 5.60 Å². The van der Waals surface area contributed by atoms with Crippen molar-refractivity contribution in [1.29, 1.82) is 0 Å². The average molecular weight is 269 g/mol. The molecule has 0 atom stereocenters. The van der Waals surface area contributed by atoms with E-state index in [2.05, 4.69) is 5.32 Å². The monoisotopic (exact) mass is 269 g/mol. The van der Waals surface area contributed by atoms with E-state index in [1.807, 2.05) is 0 Å². The van der Waals surface area contributed by atoms with Crippen LogP contribution in [0.15, 0.2) is 0 Å². The van der Waals surface area contributed by atoms with E-state index in [9.17, 15) is 9.90 Å². The van der Waals surface area contributed by atoms with Crippen LogP contribution in [0.4, 0.5) is 0 Å². The fraction of sp³-hybridized carbons (Fsp3) is 0.933. The van der Waals surface area contributed by atoms with Crippen LogP contribution < -0.4 is 5.32 Å². The van der Waals surface area contributed by atoms with Gasteiger partial charge in [-0.2, -0.15) is 0 Å². The predicted molar refractivity (Wildman–Crippen MR) is 73.8 cm³/mol. The molecular formula is C15H27NO3. The second-order valence-electron chi connectivity index (χ2n) is 6.48. The normalized spacial score (nSPS) is 23.9. The molecule has 2 aliphatic rings. The first kappa shape index (κ1) is 14.8. The van der Waals surface area contributed by atoms with Crippen molar-refractivity contribution < 1.29 is 14.6 Å². The minimum atomic E-state index is -0.733. The number of hydrogen-bond acceptors (Lipinski definition) is 3. The molecule has 1 amide bonds. The van der Waals surface area contributed by atoms with Crippen molar-refractivity contribution in [2.45, 2.75) is 63.4 Å². The highest BCUT2D eigenvalue weighted by Gasteiger charge is 2.38. The number of rotatable bonds is 7. The highest BCUT2D eigenvalue weighted by atomic mass is 16.5. The number of ether oxygens (including phenoxy) is 1. The molecule has 0 aromatic carbocycles. The van der Waals surface area contributed by atoms with Crippen molar-refractivity contribution >= 4 is 5.91 Å². The molecule has 0 aromatic rings. The summed E-state index contributed by atoms with van der Waals surface area (Å²) in [5.74, 6) is 0.00749. The molecule has 0 aromatic heterocycles. The van der Waals surface area contributed by atoms with Crippen LogP contribution in [0.3, 0.4) is 0 Å². The van der Waals surface area contributed by atoms with Gasteiger partial charge in [-0.25, -0.2) is 0 Å². The molecule has 0 saturated heterocycles. The molecule has 2 saturated carbocycles. The smallest absolute Gasteiger partial charge is 0.222 e. The van der Waals surface area contributed by atoms with E-state index >= 15 is 0 Å². The topological polar surface area (TPSA) is 58.6 Å². The van der Waals surface area contributed by atoms with Gasteiger partial charge in [0.05, 0.1) is 12.0 Å². The van der Waals surface area contributed by atoms with Crippen LogP contribution >= 0.6 is 0 Å². The van der Waals surface area contributed by atoms with Crippen LogP contribution in [-0.4, -0.2) is 36.9 Å². The van der Waals surface area contributed by atoms with Crippen molar-refractivity contribution in [3.8, 4) is 0 Å². The van der Waals surface area contributed by atoms with Crippen LogP contribution in [0.25, 0.3) is 0 Å². The van der Waals surface area contributed by atoms with Crippen LogP contribution in [0.1, 0.15) is 57.8 Å². The Balaban J connectivity index is 1.73. The van der Waals surface area contributed by atoms with Gasteiger partial charge >= 0.3 is 0 Å². The summed E-state index contributed by atoms with van der Waals surface area (Å²) >= 11 is 0. The highest BCUT2D eigenvalue weighted by Crippen LogP contribution is 2.43. The third kappa shape index (κ3) is 3.93. The molecule has 110 valence electrons. The third-order valence-corrected chi connectivity index (χ3v) is 4.94. The maximum absolute atomic E-state index is 12.0. The molecule has 19 heavy (non-hydrogen) atoms. The van der Waals surface area contributed by atoms with Crippen molar-refractivity contribution in [2.75, 3.05) is 20.3 Å². The summed E-state index contributed by atoms with van der Waals surface area (Å²) in [5, 5.41) is 13.3. The number of amides is 1. The Hall–Kier alpha value is -0.610. The van der Waals surface area contributed by atoms with E-state index in [4.69, 9.17) is 4.74 Å². The Labute approximate surface area is 115 Å². The molecule has 2 N–H and O–H groups in total. The molecule has 4 heteroatoms. The summed E-state index contributed by atoms with van der Waals surface area (Å²) in [6.07, 6.45) is 8.54. The molecule has 0 unspecified atom stereocenters. The summed E-state index contributed by atoms with van der Waals surface area (Å²) in [4.78, 5) is 12.0. The molecule has 2 fully saturated rings. The van der Waals surface area contributed by atoms with Crippen molar-refractivity contribution in [3.63, 3.8) is 0 Å². The van der Waals surface area contributed by atoms with Gasteiger partial charge < -0.3 is 15.2 Å². The van der Waals surface area contributed by atoms with Gasteiger partial charge in [-0.15, -0.1) is 0 Å². The van der Waals surface area contributed by atoms with Gasteiger partial charge in [0.2, 0.25) is 5.91 Å². The lowest BCUT2D eigenvalue weighted by atomic mass is 9.66. The van der Waals surface area contributed by atoms with Gasteiger partial charge in [0.25, 0.3) is 0 Å². The molecule has 0 heterocycles.